The Kier molecular flexibility index (Phi) is 5.21. The quantitative estimate of drug-likeness (QED) is 0.751. The van der Waals surface area contributed by atoms with Gasteiger partial charge in [0, 0.05) is 43.2 Å². The van der Waals surface area contributed by atoms with Crippen LogP contribution in [0.15, 0.2) is 30.5 Å². The van der Waals surface area contributed by atoms with Gasteiger partial charge in [0.2, 0.25) is 5.91 Å². The van der Waals surface area contributed by atoms with Gasteiger partial charge in [0.15, 0.2) is 0 Å². The molecule has 1 aliphatic heterocycles. The van der Waals surface area contributed by atoms with Crippen molar-refractivity contribution in [2.24, 2.45) is 5.41 Å². The molecule has 136 valence electrons. The van der Waals surface area contributed by atoms with Crippen molar-refractivity contribution in [3.63, 3.8) is 0 Å². The first-order valence-electron chi connectivity index (χ1n) is 9.74. The lowest BCUT2D eigenvalue weighted by Crippen LogP contribution is -2.39. The van der Waals surface area contributed by atoms with Gasteiger partial charge in [-0.3, -0.25) is 4.79 Å². The van der Waals surface area contributed by atoms with Crippen LogP contribution in [-0.2, 0) is 11.3 Å². The SMILES string of the molecule is CCCn1cc(C2CCN(C(=O)CC(C)(C)C)CC2)c2ccccc21. The van der Waals surface area contributed by atoms with Gasteiger partial charge in [0.25, 0.3) is 0 Å². The number of nitrogens with zero attached hydrogens (tertiary/aromatic N) is 2. The number of aryl methyl sites for hydroxylation is 1. The number of hydrogen-bond acceptors (Lipinski definition) is 1. The fourth-order valence-electron chi connectivity index (χ4n) is 4.03. The zero-order valence-corrected chi connectivity index (χ0v) is 16.2. The molecule has 0 spiro atoms. The molecule has 0 atom stereocenters. The Morgan fingerprint density at radius 1 is 1.16 bits per heavy atom. The van der Waals surface area contributed by atoms with Crippen LogP contribution in [0.3, 0.4) is 0 Å². The van der Waals surface area contributed by atoms with Crippen molar-refractivity contribution in [3.05, 3.63) is 36.0 Å². The van der Waals surface area contributed by atoms with Gasteiger partial charge >= 0.3 is 0 Å². The number of likely N-dealkylation sites (tertiary alicyclic amines) is 1. The number of para-hydroxylation sites is 1. The highest BCUT2D eigenvalue weighted by Crippen LogP contribution is 2.35. The van der Waals surface area contributed by atoms with E-state index in [1.165, 1.54) is 16.5 Å². The summed E-state index contributed by atoms with van der Waals surface area (Å²) in [4.78, 5) is 14.6. The third-order valence-corrected chi connectivity index (χ3v) is 5.25. The maximum absolute atomic E-state index is 12.5. The summed E-state index contributed by atoms with van der Waals surface area (Å²) in [6.45, 7) is 11.5. The number of amides is 1. The summed E-state index contributed by atoms with van der Waals surface area (Å²) in [6.07, 6.45) is 6.32. The number of hydrogen-bond donors (Lipinski definition) is 0. The molecular formula is C22H32N2O. The fraction of sp³-hybridized carbons (Fsp3) is 0.591. The summed E-state index contributed by atoms with van der Waals surface area (Å²) < 4.78 is 2.40. The lowest BCUT2D eigenvalue weighted by molar-refractivity contribution is -0.134. The van der Waals surface area contributed by atoms with E-state index in [4.69, 9.17) is 0 Å². The molecule has 0 N–H and O–H groups in total. The van der Waals surface area contributed by atoms with E-state index in [1.807, 2.05) is 0 Å². The van der Waals surface area contributed by atoms with Crippen LogP contribution in [0.4, 0.5) is 0 Å². The Balaban J connectivity index is 1.73. The van der Waals surface area contributed by atoms with E-state index in [1.54, 1.807) is 0 Å². The molecule has 2 heterocycles. The van der Waals surface area contributed by atoms with E-state index >= 15 is 0 Å². The molecule has 0 saturated carbocycles. The number of piperidine rings is 1. The molecule has 1 aliphatic rings. The van der Waals surface area contributed by atoms with Crippen LogP contribution >= 0.6 is 0 Å². The van der Waals surface area contributed by atoms with Gasteiger partial charge in [-0.05, 0) is 42.2 Å². The molecule has 1 fully saturated rings. The van der Waals surface area contributed by atoms with E-state index in [0.717, 1.165) is 38.9 Å². The van der Waals surface area contributed by atoms with Gasteiger partial charge in [0.1, 0.15) is 0 Å². The monoisotopic (exact) mass is 340 g/mol. The van der Waals surface area contributed by atoms with E-state index in [-0.39, 0.29) is 5.41 Å². The number of aromatic nitrogens is 1. The van der Waals surface area contributed by atoms with Gasteiger partial charge in [-0.25, -0.2) is 0 Å². The van der Waals surface area contributed by atoms with Crippen LogP contribution in [-0.4, -0.2) is 28.5 Å². The summed E-state index contributed by atoms with van der Waals surface area (Å²) in [5.41, 5.74) is 2.90. The normalized spacial score (nSPS) is 16.6. The molecule has 1 saturated heterocycles. The fourth-order valence-corrected chi connectivity index (χ4v) is 4.03. The summed E-state index contributed by atoms with van der Waals surface area (Å²) >= 11 is 0. The van der Waals surface area contributed by atoms with Crippen molar-refractivity contribution in [1.29, 1.82) is 0 Å². The highest BCUT2D eigenvalue weighted by atomic mass is 16.2. The number of fused-ring (bicyclic) bond motifs is 1. The van der Waals surface area contributed by atoms with E-state index in [9.17, 15) is 4.79 Å². The first-order chi connectivity index (χ1) is 11.9. The molecule has 1 amide bonds. The Labute approximate surface area is 152 Å². The Hall–Kier alpha value is -1.77. The van der Waals surface area contributed by atoms with Crippen molar-refractivity contribution in [1.82, 2.24) is 9.47 Å². The molecule has 3 nitrogen and oxygen atoms in total. The second-order valence-electron chi connectivity index (χ2n) is 8.69. The second kappa shape index (κ2) is 7.23. The standard InChI is InChI=1S/C22H32N2O/c1-5-12-24-16-19(18-8-6-7-9-20(18)24)17-10-13-23(14-11-17)21(25)15-22(2,3)4/h6-9,16-17H,5,10-15H2,1-4H3. The van der Waals surface area contributed by atoms with Crippen molar-refractivity contribution in [2.45, 2.75) is 65.8 Å². The summed E-state index contributed by atoms with van der Waals surface area (Å²) in [6, 6.07) is 8.76. The minimum absolute atomic E-state index is 0.0709. The van der Waals surface area contributed by atoms with Gasteiger partial charge in [-0.1, -0.05) is 45.9 Å². The van der Waals surface area contributed by atoms with Gasteiger partial charge in [-0.15, -0.1) is 0 Å². The average molecular weight is 341 g/mol. The number of carbonyl (C=O) groups excluding carboxylic acids is 1. The molecule has 1 aromatic heterocycles. The van der Waals surface area contributed by atoms with E-state index in [0.29, 0.717) is 18.2 Å². The number of benzene rings is 1. The third-order valence-electron chi connectivity index (χ3n) is 5.25. The van der Waals surface area contributed by atoms with Crippen LogP contribution in [0.25, 0.3) is 10.9 Å². The van der Waals surface area contributed by atoms with Crippen molar-refractivity contribution >= 4 is 16.8 Å². The van der Waals surface area contributed by atoms with Crippen LogP contribution in [0.2, 0.25) is 0 Å². The number of carbonyl (C=O) groups is 1. The predicted molar refractivity (Wildman–Crippen MR) is 105 cm³/mol. The molecule has 25 heavy (non-hydrogen) atoms. The maximum Gasteiger partial charge on any atom is 0.223 e. The van der Waals surface area contributed by atoms with Crippen molar-refractivity contribution < 1.29 is 4.79 Å². The topological polar surface area (TPSA) is 25.2 Å². The summed E-state index contributed by atoms with van der Waals surface area (Å²) in [5.74, 6) is 0.890. The van der Waals surface area contributed by atoms with Crippen molar-refractivity contribution in [3.8, 4) is 0 Å². The zero-order valence-electron chi connectivity index (χ0n) is 16.2. The Morgan fingerprint density at radius 2 is 1.84 bits per heavy atom. The Bertz CT molecular complexity index is 730. The Morgan fingerprint density at radius 3 is 2.48 bits per heavy atom. The molecule has 0 unspecified atom stereocenters. The minimum Gasteiger partial charge on any atom is -0.347 e. The molecule has 0 aliphatic carbocycles. The molecule has 0 radical (unpaired) electrons. The highest BCUT2D eigenvalue weighted by Gasteiger charge is 2.27. The molecule has 3 heteroatoms. The van der Waals surface area contributed by atoms with Gasteiger partial charge < -0.3 is 9.47 Å². The highest BCUT2D eigenvalue weighted by molar-refractivity contribution is 5.84. The van der Waals surface area contributed by atoms with E-state index < -0.39 is 0 Å². The first-order valence-corrected chi connectivity index (χ1v) is 9.74. The van der Waals surface area contributed by atoms with Crippen LogP contribution < -0.4 is 0 Å². The third kappa shape index (κ3) is 4.08. The average Bonchev–Trinajstić information content (AvgIpc) is 2.93. The number of rotatable bonds is 4. The smallest absolute Gasteiger partial charge is 0.223 e. The molecular weight excluding hydrogens is 308 g/mol. The lowest BCUT2D eigenvalue weighted by atomic mass is 9.87. The molecule has 2 aromatic rings. The van der Waals surface area contributed by atoms with Crippen LogP contribution in [0.5, 0.6) is 0 Å². The lowest BCUT2D eigenvalue weighted by Gasteiger charge is -2.33. The summed E-state index contributed by atoms with van der Waals surface area (Å²) in [7, 11) is 0. The zero-order chi connectivity index (χ0) is 18.0. The molecule has 1 aromatic carbocycles. The van der Waals surface area contributed by atoms with Crippen LogP contribution in [0, 0.1) is 5.41 Å². The first kappa shape index (κ1) is 18.0. The maximum atomic E-state index is 12.5. The van der Waals surface area contributed by atoms with Gasteiger partial charge in [0.05, 0.1) is 0 Å². The molecule has 3 rings (SSSR count). The predicted octanol–water partition coefficient (Wildman–Crippen LogP) is 5.19. The molecule has 0 bridgehead atoms. The van der Waals surface area contributed by atoms with E-state index in [2.05, 4.69) is 67.6 Å². The van der Waals surface area contributed by atoms with Crippen molar-refractivity contribution in [2.75, 3.05) is 13.1 Å². The largest absolute Gasteiger partial charge is 0.347 e. The minimum atomic E-state index is 0.0709. The van der Waals surface area contributed by atoms with Crippen LogP contribution in [0.1, 0.15) is 64.9 Å². The second-order valence-corrected chi connectivity index (χ2v) is 8.69. The summed E-state index contributed by atoms with van der Waals surface area (Å²) in [5, 5.41) is 1.40. The van der Waals surface area contributed by atoms with Gasteiger partial charge in [-0.2, -0.15) is 0 Å².